The van der Waals surface area contributed by atoms with Gasteiger partial charge in [-0.15, -0.1) is 5.10 Å². The summed E-state index contributed by atoms with van der Waals surface area (Å²) in [4.78, 5) is 2.46. The summed E-state index contributed by atoms with van der Waals surface area (Å²) >= 11 is 0. The van der Waals surface area contributed by atoms with Crippen LogP contribution in [-0.4, -0.2) is 64.0 Å². The summed E-state index contributed by atoms with van der Waals surface area (Å²) in [5.74, 6) is 0.214. The Kier molecular flexibility index (Phi) is 5.63. The van der Waals surface area contributed by atoms with Gasteiger partial charge in [0.05, 0.1) is 17.1 Å². The minimum absolute atomic E-state index is 0.362. The molecule has 1 aliphatic rings. The van der Waals surface area contributed by atoms with Crippen LogP contribution in [0.25, 0.3) is 5.69 Å². The average Bonchev–Trinajstić information content (AvgIpc) is 3.18. The van der Waals surface area contributed by atoms with E-state index in [2.05, 4.69) is 20.4 Å². The van der Waals surface area contributed by atoms with Crippen molar-refractivity contribution >= 4 is 10.0 Å². The number of hydrogen-bond acceptors (Lipinski definition) is 6. The Labute approximate surface area is 175 Å². The van der Waals surface area contributed by atoms with E-state index < -0.39 is 10.0 Å². The lowest BCUT2D eigenvalue weighted by molar-refractivity contribution is 0.177. The van der Waals surface area contributed by atoms with Gasteiger partial charge in [0.15, 0.2) is 5.82 Å². The summed E-state index contributed by atoms with van der Waals surface area (Å²) in [6, 6.07) is 11.5. The maximum Gasteiger partial charge on any atom is 0.243 e. The number of benzene rings is 2. The Balaban J connectivity index is 1.45. The second kappa shape index (κ2) is 8.21. The summed E-state index contributed by atoms with van der Waals surface area (Å²) in [6.45, 7) is 6.03. The molecule has 2 heterocycles. The highest BCUT2D eigenvalue weighted by molar-refractivity contribution is 7.89. The van der Waals surface area contributed by atoms with Crippen LogP contribution in [0.2, 0.25) is 0 Å². The quantitative estimate of drug-likeness (QED) is 0.615. The fourth-order valence-electron chi connectivity index (χ4n) is 3.57. The van der Waals surface area contributed by atoms with E-state index in [4.69, 9.17) is 0 Å². The summed E-state index contributed by atoms with van der Waals surface area (Å²) in [5.41, 5.74) is 2.21. The predicted molar refractivity (Wildman–Crippen MR) is 109 cm³/mol. The van der Waals surface area contributed by atoms with E-state index in [1.165, 1.54) is 21.1 Å². The molecule has 0 radical (unpaired) electrons. The highest BCUT2D eigenvalue weighted by Gasteiger charge is 2.30. The zero-order chi connectivity index (χ0) is 21.3. The lowest BCUT2D eigenvalue weighted by atomic mass is 10.2. The number of tetrazole rings is 1. The van der Waals surface area contributed by atoms with Crippen molar-refractivity contribution < 1.29 is 12.8 Å². The van der Waals surface area contributed by atoms with Gasteiger partial charge in [0.25, 0.3) is 0 Å². The van der Waals surface area contributed by atoms with Gasteiger partial charge in [0, 0.05) is 26.2 Å². The van der Waals surface area contributed by atoms with E-state index in [1.807, 2.05) is 26.0 Å². The van der Waals surface area contributed by atoms with E-state index in [-0.39, 0.29) is 5.82 Å². The lowest BCUT2D eigenvalue weighted by Crippen LogP contribution is -2.48. The van der Waals surface area contributed by atoms with Crippen molar-refractivity contribution in [2.45, 2.75) is 25.3 Å². The van der Waals surface area contributed by atoms with Gasteiger partial charge in [-0.2, -0.15) is 8.99 Å². The van der Waals surface area contributed by atoms with Crippen LogP contribution in [0.5, 0.6) is 0 Å². The van der Waals surface area contributed by atoms with Gasteiger partial charge in [-0.25, -0.2) is 12.8 Å². The van der Waals surface area contributed by atoms with Gasteiger partial charge in [-0.3, -0.25) is 4.90 Å². The molecule has 1 aliphatic heterocycles. The Morgan fingerprint density at radius 2 is 1.80 bits per heavy atom. The van der Waals surface area contributed by atoms with E-state index in [0.717, 1.165) is 11.1 Å². The predicted octanol–water partition coefficient (Wildman–Crippen LogP) is 1.92. The van der Waals surface area contributed by atoms with Crippen molar-refractivity contribution in [3.8, 4) is 5.69 Å². The van der Waals surface area contributed by atoms with Gasteiger partial charge >= 0.3 is 0 Å². The molecule has 1 fully saturated rings. The number of nitrogens with zero attached hydrogens (tertiary/aromatic N) is 6. The van der Waals surface area contributed by atoms with Crippen LogP contribution < -0.4 is 0 Å². The molecule has 10 heteroatoms. The number of halogens is 1. The van der Waals surface area contributed by atoms with Crippen molar-refractivity contribution in [2.24, 2.45) is 0 Å². The maximum atomic E-state index is 13.5. The molecule has 0 N–H and O–H groups in total. The first-order valence-electron chi connectivity index (χ1n) is 9.67. The van der Waals surface area contributed by atoms with Gasteiger partial charge in [0.1, 0.15) is 5.82 Å². The Hall–Kier alpha value is -2.69. The van der Waals surface area contributed by atoms with Crippen LogP contribution in [0.1, 0.15) is 17.0 Å². The molecule has 2 aromatic carbocycles. The number of rotatable bonds is 5. The topological polar surface area (TPSA) is 84.2 Å². The molecule has 0 amide bonds. The minimum atomic E-state index is -3.54. The molecule has 1 aromatic heterocycles. The molecular formula is C20H23FN6O2S. The third-order valence-corrected chi connectivity index (χ3v) is 7.29. The molecule has 0 saturated carbocycles. The Morgan fingerprint density at radius 1 is 1.03 bits per heavy atom. The maximum absolute atomic E-state index is 13.5. The zero-order valence-corrected chi connectivity index (χ0v) is 17.7. The second-order valence-corrected chi connectivity index (χ2v) is 9.34. The Morgan fingerprint density at radius 3 is 2.53 bits per heavy atom. The molecule has 3 aromatic rings. The highest BCUT2D eigenvalue weighted by Crippen LogP contribution is 2.23. The summed E-state index contributed by atoms with van der Waals surface area (Å²) in [6.07, 6.45) is 0. The molecule has 0 aliphatic carbocycles. The zero-order valence-electron chi connectivity index (χ0n) is 16.9. The Bertz CT molecular complexity index is 1160. The normalized spacial score (nSPS) is 16.1. The lowest BCUT2D eigenvalue weighted by Gasteiger charge is -2.33. The van der Waals surface area contributed by atoms with Crippen LogP contribution in [0.15, 0.2) is 47.4 Å². The molecule has 158 valence electrons. The molecule has 30 heavy (non-hydrogen) atoms. The van der Waals surface area contributed by atoms with E-state index in [9.17, 15) is 12.8 Å². The number of sulfonamides is 1. The van der Waals surface area contributed by atoms with Gasteiger partial charge in [-0.1, -0.05) is 18.2 Å². The minimum Gasteiger partial charge on any atom is -0.293 e. The van der Waals surface area contributed by atoms with Gasteiger partial charge in [0.2, 0.25) is 10.0 Å². The monoisotopic (exact) mass is 430 g/mol. The molecule has 4 rings (SSSR count). The van der Waals surface area contributed by atoms with Crippen molar-refractivity contribution in [3.05, 3.63) is 65.2 Å². The number of aromatic nitrogens is 4. The number of hydrogen-bond donors (Lipinski definition) is 0. The van der Waals surface area contributed by atoms with Crippen LogP contribution in [0, 0.1) is 19.7 Å². The summed E-state index contributed by atoms with van der Waals surface area (Å²) < 4.78 is 42.8. The van der Waals surface area contributed by atoms with Crippen molar-refractivity contribution in [1.82, 2.24) is 29.4 Å². The summed E-state index contributed by atoms with van der Waals surface area (Å²) in [5, 5.41) is 11.7. The van der Waals surface area contributed by atoms with E-state index >= 15 is 0 Å². The number of piperazine rings is 1. The molecule has 0 spiro atoms. The van der Waals surface area contributed by atoms with Crippen LogP contribution in [-0.2, 0) is 16.6 Å². The first-order valence-corrected chi connectivity index (χ1v) is 11.1. The second-order valence-electron chi connectivity index (χ2n) is 7.44. The van der Waals surface area contributed by atoms with Gasteiger partial charge < -0.3 is 0 Å². The smallest absolute Gasteiger partial charge is 0.243 e. The molecular weight excluding hydrogens is 407 g/mol. The fourth-order valence-corrected chi connectivity index (χ4v) is 5.30. The molecule has 0 unspecified atom stereocenters. The number of aryl methyl sites for hydroxylation is 2. The third kappa shape index (κ3) is 4.11. The summed E-state index contributed by atoms with van der Waals surface area (Å²) in [7, 11) is -3.54. The molecule has 0 bridgehead atoms. The molecule has 1 saturated heterocycles. The molecule has 8 nitrogen and oxygen atoms in total. The first-order chi connectivity index (χ1) is 14.3. The van der Waals surface area contributed by atoms with Gasteiger partial charge in [-0.05, 0) is 59.7 Å². The van der Waals surface area contributed by atoms with Crippen LogP contribution >= 0.6 is 0 Å². The standard InChI is InChI=1S/C20H23FN6O2S/c1-15-6-7-16(2)19(12-15)30(28,29)26-10-8-25(9-11-26)14-20-22-23-24-27(20)18-5-3-4-17(21)13-18/h3-7,12-13H,8-11,14H2,1-2H3. The highest BCUT2D eigenvalue weighted by atomic mass is 32.2. The van der Waals surface area contributed by atoms with E-state index in [0.29, 0.717) is 49.1 Å². The van der Waals surface area contributed by atoms with Crippen molar-refractivity contribution in [1.29, 1.82) is 0 Å². The third-order valence-electron chi connectivity index (χ3n) is 5.24. The average molecular weight is 431 g/mol. The van der Waals surface area contributed by atoms with Crippen LogP contribution in [0.4, 0.5) is 4.39 Å². The van der Waals surface area contributed by atoms with Crippen LogP contribution in [0.3, 0.4) is 0 Å². The van der Waals surface area contributed by atoms with E-state index in [1.54, 1.807) is 18.2 Å². The largest absolute Gasteiger partial charge is 0.293 e. The first kappa shape index (κ1) is 20.6. The fraction of sp³-hybridized carbons (Fsp3) is 0.350. The SMILES string of the molecule is Cc1ccc(C)c(S(=O)(=O)N2CCN(Cc3nnnn3-c3cccc(F)c3)CC2)c1. The molecule has 0 atom stereocenters. The van der Waals surface area contributed by atoms with Crippen molar-refractivity contribution in [2.75, 3.05) is 26.2 Å². The van der Waals surface area contributed by atoms with Crippen molar-refractivity contribution in [3.63, 3.8) is 0 Å².